The van der Waals surface area contributed by atoms with E-state index in [1.165, 1.54) is 11.3 Å². The van der Waals surface area contributed by atoms with Gasteiger partial charge in [-0.25, -0.2) is 4.98 Å². The molecule has 29 heavy (non-hydrogen) atoms. The van der Waals surface area contributed by atoms with E-state index in [1.54, 1.807) is 17.1 Å². The van der Waals surface area contributed by atoms with Crippen LogP contribution in [0.5, 0.6) is 0 Å². The molecule has 5 nitrogen and oxygen atoms in total. The van der Waals surface area contributed by atoms with Crippen LogP contribution in [-0.2, 0) is 16.0 Å². The fourth-order valence-electron chi connectivity index (χ4n) is 2.33. The van der Waals surface area contributed by atoms with Crippen molar-refractivity contribution in [2.24, 2.45) is 5.92 Å². The quantitative estimate of drug-likeness (QED) is 0.487. The summed E-state index contributed by atoms with van der Waals surface area (Å²) in [5, 5.41) is 8.60. The first-order chi connectivity index (χ1) is 13.9. The van der Waals surface area contributed by atoms with Gasteiger partial charge >= 0.3 is 0 Å². The molecule has 2 aromatic carbocycles. The van der Waals surface area contributed by atoms with Crippen LogP contribution < -0.4 is 10.6 Å². The summed E-state index contributed by atoms with van der Waals surface area (Å²) < 4.78 is 0. The first-order valence-electron chi connectivity index (χ1n) is 8.98. The van der Waals surface area contributed by atoms with E-state index in [4.69, 9.17) is 11.6 Å². The lowest BCUT2D eigenvalue weighted by Crippen LogP contribution is -2.18. The molecule has 8 heteroatoms. The number of halogens is 1. The number of nitrogens with zero attached hydrogens (tertiary/aromatic N) is 1. The lowest BCUT2D eigenvalue weighted by molar-refractivity contribution is -0.119. The molecule has 2 N–H and O–H groups in total. The van der Waals surface area contributed by atoms with Gasteiger partial charge in [0.25, 0.3) is 0 Å². The van der Waals surface area contributed by atoms with Crippen molar-refractivity contribution in [1.29, 1.82) is 0 Å². The Morgan fingerprint density at radius 2 is 1.83 bits per heavy atom. The van der Waals surface area contributed by atoms with Crippen LogP contribution in [0.3, 0.4) is 0 Å². The number of benzene rings is 2. The standard InChI is InChI=1S/C21H20ClN3O2S2/c1-13(2)20(27)25-21-24-15(12-28-21)11-19(26)23-14-7-9-16(10-8-14)29-18-6-4-3-5-17(18)22/h3-10,12-13H,11H2,1-2H3,(H,23,26)(H,24,25,27). The van der Waals surface area contributed by atoms with Gasteiger partial charge in [-0.2, -0.15) is 0 Å². The van der Waals surface area contributed by atoms with E-state index in [-0.39, 0.29) is 24.2 Å². The van der Waals surface area contributed by atoms with E-state index in [9.17, 15) is 9.59 Å². The lowest BCUT2D eigenvalue weighted by atomic mass is 10.2. The molecule has 3 aromatic rings. The van der Waals surface area contributed by atoms with Gasteiger partial charge in [-0.05, 0) is 36.4 Å². The van der Waals surface area contributed by atoms with E-state index in [1.807, 2.05) is 62.4 Å². The van der Waals surface area contributed by atoms with E-state index in [2.05, 4.69) is 15.6 Å². The number of anilines is 2. The molecule has 0 aliphatic carbocycles. The molecule has 1 aromatic heterocycles. The van der Waals surface area contributed by atoms with Crippen molar-refractivity contribution in [3.8, 4) is 0 Å². The van der Waals surface area contributed by atoms with Crippen molar-refractivity contribution in [3.63, 3.8) is 0 Å². The van der Waals surface area contributed by atoms with Crippen molar-refractivity contribution in [3.05, 3.63) is 64.6 Å². The summed E-state index contributed by atoms with van der Waals surface area (Å²) in [7, 11) is 0. The number of rotatable bonds is 7. The molecule has 0 bridgehead atoms. The zero-order chi connectivity index (χ0) is 20.8. The Balaban J connectivity index is 1.54. The van der Waals surface area contributed by atoms with Gasteiger partial charge in [0.1, 0.15) is 0 Å². The third kappa shape index (κ3) is 6.32. The monoisotopic (exact) mass is 445 g/mol. The van der Waals surface area contributed by atoms with Gasteiger partial charge in [0, 0.05) is 26.8 Å². The number of thiazole rings is 1. The maximum atomic E-state index is 12.3. The van der Waals surface area contributed by atoms with E-state index in [0.29, 0.717) is 21.5 Å². The zero-order valence-corrected chi connectivity index (χ0v) is 18.3. The smallest absolute Gasteiger partial charge is 0.230 e. The second kappa shape index (κ2) is 9.91. The third-order valence-corrected chi connectivity index (χ3v) is 6.18. The summed E-state index contributed by atoms with van der Waals surface area (Å²) in [6.45, 7) is 3.63. The van der Waals surface area contributed by atoms with Gasteiger partial charge < -0.3 is 10.6 Å². The number of hydrogen-bond donors (Lipinski definition) is 2. The molecule has 150 valence electrons. The average Bonchev–Trinajstić information content (AvgIpc) is 3.11. The van der Waals surface area contributed by atoms with Crippen LogP contribution in [0.25, 0.3) is 0 Å². The third-order valence-electron chi connectivity index (χ3n) is 3.85. The fraction of sp³-hybridized carbons (Fsp3) is 0.190. The summed E-state index contributed by atoms with van der Waals surface area (Å²) in [6, 6.07) is 15.2. The molecule has 2 amide bonds. The highest BCUT2D eigenvalue weighted by atomic mass is 35.5. The number of carbonyl (C=O) groups is 2. The maximum Gasteiger partial charge on any atom is 0.230 e. The fourth-order valence-corrected chi connectivity index (χ4v) is 4.13. The second-order valence-corrected chi connectivity index (χ2v) is 8.95. The highest BCUT2D eigenvalue weighted by molar-refractivity contribution is 7.99. The van der Waals surface area contributed by atoms with Crippen LogP contribution in [0.15, 0.2) is 63.7 Å². The number of carbonyl (C=O) groups excluding carboxylic acids is 2. The average molecular weight is 446 g/mol. The number of aromatic nitrogens is 1. The van der Waals surface area contributed by atoms with Gasteiger partial charge in [-0.15, -0.1) is 11.3 Å². The second-order valence-electron chi connectivity index (χ2n) is 6.57. The van der Waals surface area contributed by atoms with E-state index < -0.39 is 0 Å². The molecule has 0 aliphatic rings. The molecule has 0 unspecified atom stereocenters. The largest absolute Gasteiger partial charge is 0.326 e. The topological polar surface area (TPSA) is 71.1 Å². The van der Waals surface area contributed by atoms with Gasteiger partial charge in [0.15, 0.2) is 5.13 Å². The summed E-state index contributed by atoms with van der Waals surface area (Å²) in [4.78, 5) is 30.3. The van der Waals surface area contributed by atoms with Crippen LogP contribution in [0, 0.1) is 5.92 Å². The zero-order valence-electron chi connectivity index (χ0n) is 15.9. The van der Waals surface area contributed by atoms with Gasteiger partial charge in [0.2, 0.25) is 11.8 Å². The van der Waals surface area contributed by atoms with E-state index in [0.717, 1.165) is 9.79 Å². The molecule has 3 rings (SSSR count). The Kier molecular flexibility index (Phi) is 7.30. The van der Waals surface area contributed by atoms with Crippen LogP contribution in [0.2, 0.25) is 5.02 Å². The van der Waals surface area contributed by atoms with Crippen molar-refractivity contribution < 1.29 is 9.59 Å². The number of amides is 2. The molecule has 0 saturated heterocycles. The van der Waals surface area contributed by atoms with Crippen molar-refractivity contribution >= 4 is 57.3 Å². The Bertz CT molecular complexity index is 1000. The Morgan fingerprint density at radius 1 is 1.10 bits per heavy atom. The van der Waals surface area contributed by atoms with Crippen molar-refractivity contribution in [1.82, 2.24) is 4.98 Å². The van der Waals surface area contributed by atoms with Gasteiger partial charge in [0.05, 0.1) is 17.1 Å². The van der Waals surface area contributed by atoms with Gasteiger partial charge in [-0.1, -0.05) is 49.3 Å². The molecular formula is C21H20ClN3O2S2. The Labute approximate surface area is 182 Å². The van der Waals surface area contributed by atoms with Crippen LogP contribution >= 0.6 is 34.7 Å². The minimum absolute atomic E-state index is 0.0925. The van der Waals surface area contributed by atoms with Crippen molar-refractivity contribution in [2.75, 3.05) is 10.6 Å². The predicted molar refractivity (Wildman–Crippen MR) is 120 cm³/mol. The molecule has 0 saturated carbocycles. The molecule has 0 spiro atoms. The molecule has 0 atom stereocenters. The SMILES string of the molecule is CC(C)C(=O)Nc1nc(CC(=O)Nc2ccc(Sc3ccccc3Cl)cc2)cs1. The predicted octanol–water partition coefficient (Wildman–Crippen LogP) is 5.72. The minimum Gasteiger partial charge on any atom is -0.326 e. The van der Waals surface area contributed by atoms with Crippen LogP contribution in [-0.4, -0.2) is 16.8 Å². The molecule has 0 radical (unpaired) electrons. The molecule has 0 aliphatic heterocycles. The minimum atomic E-state index is -0.163. The normalized spacial score (nSPS) is 10.8. The molecular weight excluding hydrogens is 426 g/mol. The highest BCUT2D eigenvalue weighted by Crippen LogP contribution is 2.33. The highest BCUT2D eigenvalue weighted by Gasteiger charge is 2.12. The first kappa shape index (κ1) is 21.4. The van der Waals surface area contributed by atoms with Gasteiger partial charge in [-0.3, -0.25) is 9.59 Å². The van der Waals surface area contributed by atoms with Crippen LogP contribution in [0.1, 0.15) is 19.5 Å². The molecule has 0 fully saturated rings. The first-order valence-corrected chi connectivity index (χ1v) is 11.1. The summed E-state index contributed by atoms with van der Waals surface area (Å²) in [5.41, 5.74) is 1.33. The molecule has 1 heterocycles. The Morgan fingerprint density at radius 3 is 2.52 bits per heavy atom. The van der Waals surface area contributed by atoms with Crippen LogP contribution in [0.4, 0.5) is 10.8 Å². The van der Waals surface area contributed by atoms with Crippen molar-refractivity contribution in [2.45, 2.75) is 30.1 Å². The summed E-state index contributed by atoms with van der Waals surface area (Å²) in [5.74, 6) is -0.377. The Hall–Kier alpha value is -2.35. The maximum absolute atomic E-state index is 12.3. The summed E-state index contributed by atoms with van der Waals surface area (Å²) in [6.07, 6.45) is 0.143. The number of hydrogen-bond acceptors (Lipinski definition) is 5. The lowest BCUT2D eigenvalue weighted by Gasteiger charge is -2.07. The van der Waals surface area contributed by atoms with E-state index >= 15 is 0 Å². The summed E-state index contributed by atoms with van der Waals surface area (Å²) >= 11 is 9.07. The number of nitrogens with one attached hydrogen (secondary N) is 2.